The maximum atomic E-state index is 12.4. The van der Waals surface area contributed by atoms with Crippen LogP contribution >= 0.6 is 11.6 Å². The second-order valence-electron chi connectivity index (χ2n) is 7.06. The molecule has 4 nitrogen and oxygen atoms in total. The lowest BCUT2D eigenvalue weighted by Crippen LogP contribution is -2.49. The van der Waals surface area contributed by atoms with Gasteiger partial charge < -0.3 is 10.2 Å². The molecule has 144 valence electrons. The van der Waals surface area contributed by atoms with Crippen LogP contribution in [0.4, 0.5) is 5.69 Å². The van der Waals surface area contributed by atoms with Crippen molar-refractivity contribution in [3.05, 3.63) is 65.2 Å². The Morgan fingerprint density at radius 3 is 2.48 bits per heavy atom. The fraction of sp³-hybridized carbons (Fsp3) is 0.409. The van der Waals surface area contributed by atoms with E-state index >= 15 is 0 Å². The van der Waals surface area contributed by atoms with E-state index in [2.05, 4.69) is 52.4 Å². The van der Waals surface area contributed by atoms with Crippen molar-refractivity contribution >= 4 is 23.2 Å². The Morgan fingerprint density at radius 2 is 1.81 bits per heavy atom. The normalized spacial score (nSPS) is 16.1. The van der Waals surface area contributed by atoms with Crippen molar-refractivity contribution < 1.29 is 4.79 Å². The van der Waals surface area contributed by atoms with Gasteiger partial charge in [0.25, 0.3) is 0 Å². The molecule has 1 atom stereocenters. The van der Waals surface area contributed by atoms with Gasteiger partial charge in [-0.25, -0.2) is 0 Å². The minimum Gasteiger partial charge on any atom is -0.369 e. The van der Waals surface area contributed by atoms with Crippen LogP contribution in [0.1, 0.15) is 24.8 Å². The zero-order chi connectivity index (χ0) is 19.1. The van der Waals surface area contributed by atoms with Gasteiger partial charge in [-0.2, -0.15) is 0 Å². The third-order valence-corrected chi connectivity index (χ3v) is 5.46. The van der Waals surface area contributed by atoms with Gasteiger partial charge in [0.15, 0.2) is 0 Å². The van der Waals surface area contributed by atoms with Crippen molar-refractivity contribution in [3.8, 4) is 0 Å². The van der Waals surface area contributed by atoms with Gasteiger partial charge in [0.2, 0.25) is 5.91 Å². The summed E-state index contributed by atoms with van der Waals surface area (Å²) in [5.41, 5.74) is 2.44. The van der Waals surface area contributed by atoms with Crippen LogP contribution in [0.25, 0.3) is 0 Å². The zero-order valence-electron chi connectivity index (χ0n) is 15.9. The lowest BCUT2D eigenvalue weighted by molar-refractivity contribution is -0.122. The van der Waals surface area contributed by atoms with Gasteiger partial charge in [0, 0.05) is 49.4 Å². The van der Waals surface area contributed by atoms with Gasteiger partial charge in [0.05, 0.1) is 6.54 Å². The molecule has 0 aliphatic carbocycles. The van der Waals surface area contributed by atoms with Crippen LogP contribution in [0, 0.1) is 0 Å². The molecular weight excluding hydrogens is 358 g/mol. The molecule has 1 aliphatic rings. The molecule has 1 N–H and O–H groups in total. The van der Waals surface area contributed by atoms with Crippen LogP contribution in [-0.2, 0) is 4.79 Å². The van der Waals surface area contributed by atoms with Crippen LogP contribution in [0.3, 0.4) is 0 Å². The Hall–Kier alpha value is -2.04. The van der Waals surface area contributed by atoms with Crippen molar-refractivity contribution in [2.24, 2.45) is 0 Å². The molecule has 27 heavy (non-hydrogen) atoms. The minimum absolute atomic E-state index is 0.112. The highest BCUT2D eigenvalue weighted by molar-refractivity contribution is 6.30. The number of amides is 1. The highest BCUT2D eigenvalue weighted by Gasteiger charge is 2.20. The summed E-state index contributed by atoms with van der Waals surface area (Å²) < 4.78 is 0. The number of hydrogen-bond donors (Lipinski definition) is 1. The molecule has 0 bridgehead atoms. The van der Waals surface area contributed by atoms with Crippen molar-refractivity contribution in [2.45, 2.75) is 19.3 Å². The quantitative estimate of drug-likeness (QED) is 0.788. The SMILES string of the molecule is CC[C@@H](CNC(=O)CN1CCN(c2cccc(Cl)c2)CC1)c1ccccc1. The summed E-state index contributed by atoms with van der Waals surface area (Å²) in [6.07, 6.45) is 1.02. The van der Waals surface area contributed by atoms with E-state index in [-0.39, 0.29) is 5.91 Å². The lowest BCUT2D eigenvalue weighted by Gasteiger charge is -2.35. The summed E-state index contributed by atoms with van der Waals surface area (Å²) in [6, 6.07) is 18.4. The average Bonchev–Trinajstić information content (AvgIpc) is 2.70. The van der Waals surface area contributed by atoms with Crippen LogP contribution in [-0.4, -0.2) is 50.1 Å². The van der Waals surface area contributed by atoms with Gasteiger partial charge in [0.1, 0.15) is 0 Å². The summed E-state index contributed by atoms with van der Waals surface area (Å²) in [4.78, 5) is 16.9. The predicted octanol–water partition coefficient (Wildman–Crippen LogP) is 3.77. The van der Waals surface area contributed by atoms with Crippen molar-refractivity contribution in [3.63, 3.8) is 0 Å². The molecule has 3 rings (SSSR count). The third kappa shape index (κ3) is 5.72. The van der Waals surface area contributed by atoms with E-state index in [0.29, 0.717) is 19.0 Å². The molecule has 1 aliphatic heterocycles. The number of nitrogens with one attached hydrogen (secondary N) is 1. The first-order valence-corrected chi connectivity index (χ1v) is 10.1. The maximum absolute atomic E-state index is 12.4. The highest BCUT2D eigenvalue weighted by Crippen LogP contribution is 2.21. The van der Waals surface area contributed by atoms with Gasteiger partial charge in [-0.15, -0.1) is 0 Å². The van der Waals surface area contributed by atoms with E-state index in [1.165, 1.54) is 5.56 Å². The fourth-order valence-electron chi connectivity index (χ4n) is 3.56. The molecule has 0 unspecified atom stereocenters. The summed E-state index contributed by atoms with van der Waals surface area (Å²) in [5, 5.41) is 3.88. The molecular formula is C22H28ClN3O. The first-order valence-electron chi connectivity index (χ1n) is 9.70. The Kier molecular flexibility index (Phi) is 7.13. The van der Waals surface area contributed by atoms with Crippen molar-refractivity contribution in [2.75, 3.05) is 44.2 Å². The molecule has 2 aromatic rings. The molecule has 2 aromatic carbocycles. The molecule has 1 saturated heterocycles. The number of anilines is 1. The van der Waals surface area contributed by atoms with Gasteiger partial charge in [-0.1, -0.05) is 54.9 Å². The van der Waals surface area contributed by atoms with Crippen molar-refractivity contribution in [1.82, 2.24) is 10.2 Å². The molecule has 0 spiro atoms. The van der Waals surface area contributed by atoms with E-state index in [4.69, 9.17) is 11.6 Å². The van der Waals surface area contributed by atoms with E-state index in [1.54, 1.807) is 0 Å². The fourth-order valence-corrected chi connectivity index (χ4v) is 3.74. The number of hydrogen-bond acceptors (Lipinski definition) is 3. The number of rotatable bonds is 7. The Morgan fingerprint density at radius 1 is 1.07 bits per heavy atom. The van der Waals surface area contributed by atoms with Crippen LogP contribution in [0.15, 0.2) is 54.6 Å². The van der Waals surface area contributed by atoms with Crippen LogP contribution in [0.2, 0.25) is 5.02 Å². The third-order valence-electron chi connectivity index (χ3n) is 5.22. The zero-order valence-corrected chi connectivity index (χ0v) is 16.7. The van der Waals surface area contributed by atoms with Crippen molar-refractivity contribution in [1.29, 1.82) is 0 Å². The number of carbonyl (C=O) groups excluding carboxylic acids is 1. The summed E-state index contributed by atoms with van der Waals surface area (Å²) >= 11 is 6.09. The number of benzene rings is 2. The molecule has 1 fully saturated rings. The molecule has 0 aromatic heterocycles. The molecule has 1 amide bonds. The van der Waals surface area contributed by atoms with Gasteiger partial charge in [-0.05, 0) is 30.2 Å². The Bertz CT molecular complexity index is 729. The summed E-state index contributed by atoms with van der Waals surface area (Å²) in [6.45, 7) is 6.92. The van der Waals surface area contributed by atoms with E-state index in [0.717, 1.165) is 43.3 Å². The minimum atomic E-state index is 0.112. The molecule has 0 saturated carbocycles. The Labute approximate surface area is 167 Å². The first kappa shape index (κ1) is 19.7. The second kappa shape index (κ2) is 9.77. The number of nitrogens with zero attached hydrogens (tertiary/aromatic N) is 2. The van der Waals surface area contributed by atoms with Gasteiger partial charge >= 0.3 is 0 Å². The smallest absolute Gasteiger partial charge is 0.234 e. The highest BCUT2D eigenvalue weighted by atomic mass is 35.5. The average molecular weight is 386 g/mol. The molecule has 0 radical (unpaired) electrons. The van der Waals surface area contributed by atoms with Crippen LogP contribution in [0.5, 0.6) is 0 Å². The maximum Gasteiger partial charge on any atom is 0.234 e. The second-order valence-corrected chi connectivity index (χ2v) is 7.50. The van der Waals surface area contributed by atoms with E-state index in [9.17, 15) is 4.79 Å². The topological polar surface area (TPSA) is 35.6 Å². The van der Waals surface area contributed by atoms with Crippen LogP contribution < -0.4 is 10.2 Å². The van der Waals surface area contributed by atoms with E-state index in [1.807, 2.05) is 24.3 Å². The number of piperazine rings is 1. The summed E-state index contributed by atoms with van der Waals surface area (Å²) in [7, 11) is 0. The first-order chi connectivity index (χ1) is 13.2. The predicted molar refractivity (Wildman–Crippen MR) is 113 cm³/mol. The lowest BCUT2D eigenvalue weighted by atomic mass is 9.96. The standard InChI is InChI=1S/C22H28ClN3O/c1-2-18(19-7-4-3-5-8-19)16-24-22(27)17-25-11-13-26(14-12-25)21-10-6-9-20(23)15-21/h3-10,15,18H,2,11-14,16-17H2,1H3,(H,24,27)/t18-/m0/s1. The number of carbonyl (C=O) groups is 1. The number of halogens is 1. The largest absolute Gasteiger partial charge is 0.369 e. The molecule has 5 heteroatoms. The monoisotopic (exact) mass is 385 g/mol. The molecule has 1 heterocycles. The summed E-state index contributed by atoms with van der Waals surface area (Å²) in [5.74, 6) is 0.482. The van der Waals surface area contributed by atoms with Gasteiger partial charge in [-0.3, -0.25) is 9.69 Å². The Balaban J connectivity index is 1.43. The van der Waals surface area contributed by atoms with E-state index < -0.39 is 0 Å².